The van der Waals surface area contributed by atoms with E-state index in [1.54, 1.807) is 18.2 Å². The molecule has 0 spiro atoms. The molecule has 0 heterocycles. The molecule has 1 aliphatic rings. The van der Waals surface area contributed by atoms with E-state index in [0.717, 1.165) is 23.7 Å². The lowest BCUT2D eigenvalue weighted by Gasteiger charge is -2.11. The van der Waals surface area contributed by atoms with E-state index in [-0.39, 0.29) is 12.0 Å². The van der Waals surface area contributed by atoms with Crippen molar-refractivity contribution in [3.8, 4) is 0 Å². The molecule has 0 bridgehead atoms. The fourth-order valence-corrected chi connectivity index (χ4v) is 2.62. The number of hydrogen-bond acceptors (Lipinski definition) is 3. The Morgan fingerprint density at radius 3 is 2.89 bits per heavy atom. The molecule has 0 radical (unpaired) electrons. The second-order valence-electron chi connectivity index (χ2n) is 4.78. The maximum absolute atomic E-state index is 11.9. The van der Waals surface area contributed by atoms with E-state index in [2.05, 4.69) is 21.2 Å². The molecule has 1 aromatic rings. The van der Waals surface area contributed by atoms with Crippen LogP contribution in [0.15, 0.2) is 22.7 Å². The summed E-state index contributed by atoms with van der Waals surface area (Å²) in [5.74, 6) is 0.290. The van der Waals surface area contributed by atoms with Crippen LogP contribution in [-0.2, 0) is 0 Å². The molecular formula is C13H17BrN2O2. The number of halogens is 1. The van der Waals surface area contributed by atoms with Gasteiger partial charge >= 0.3 is 0 Å². The first-order chi connectivity index (χ1) is 8.56. The van der Waals surface area contributed by atoms with Crippen LogP contribution in [0.5, 0.6) is 0 Å². The second kappa shape index (κ2) is 5.71. The van der Waals surface area contributed by atoms with E-state index >= 15 is 0 Å². The van der Waals surface area contributed by atoms with Crippen LogP contribution in [0.4, 0.5) is 5.69 Å². The lowest BCUT2D eigenvalue weighted by molar-refractivity contribution is 0.0945. The highest BCUT2D eigenvalue weighted by atomic mass is 79.9. The van der Waals surface area contributed by atoms with Gasteiger partial charge < -0.3 is 16.2 Å². The number of rotatable bonds is 3. The predicted octanol–water partition coefficient (Wildman–Crippen LogP) is 1.92. The molecule has 18 heavy (non-hydrogen) atoms. The number of anilines is 1. The first-order valence-electron chi connectivity index (χ1n) is 6.07. The van der Waals surface area contributed by atoms with E-state index in [1.165, 1.54) is 0 Å². The van der Waals surface area contributed by atoms with Crippen LogP contribution in [0.3, 0.4) is 0 Å². The maximum Gasteiger partial charge on any atom is 0.251 e. The third-order valence-corrected chi connectivity index (χ3v) is 4.01. The molecule has 98 valence electrons. The Balaban J connectivity index is 1.89. The molecule has 1 saturated carbocycles. The van der Waals surface area contributed by atoms with Gasteiger partial charge in [-0.3, -0.25) is 4.79 Å². The van der Waals surface area contributed by atoms with Crippen molar-refractivity contribution in [2.45, 2.75) is 25.4 Å². The Bertz CT molecular complexity index is 451. The van der Waals surface area contributed by atoms with Crippen LogP contribution in [-0.4, -0.2) is 23.7 Å². The van der Waals surface area contributed by atoms with E-state index < -0.39 is 0 Å². The van der Waals surface area contributed by atoms with Crippen LogP contribution in [0.2, 0.25) is 0 Å². The van der Waals surface area contributed by atoms with Crippen molar-refractivity contribution in [2.24, 2.45) is 5.92 Å². The second-order valence-corrected chi connectivity index (χ2v) is 5.63. The average molecular weight is 313 g/mol. The SMILES string of the molecule is Nc1ccc(C(=O)NCC2CCC(O)C2)cc1Br. The van der Waals surface area contributed by atoms with Gasteiger partial charge in [0.15, 0.2) is 0 Å². The van der Waals surface area contributed by atoms with Crippen molar-refractivity contribution >= 4 is 27.5 Å². The molecule has 1 amide bonds. The Morgan fingerprint density at radius 2 is 2.28 bits per heavy atom. The third kappa shape index (κ3) is 3.23. The van der Waals surface area contributed by atoms with Crippen LogP contribution >= 0.6 is 15.9 Å². The minimum Gasteiger partial charge on any atom is -0.398 e. The summed E-state index contributed by atoms with van der Waals surface area (Å²) in [6.45, 7) is 0.623. The number of carbonyl (C=O) groups is 1. The Hall–Kier alpha value is -1.07. The summed E-state index contributed by atoms with van der Waals surface area (Å²) < 4.78 is 0.728. The molecule has 2 atom stereocenters. The molecule has 2 rings (SSSR count). The zero-order chi connectivity index (χ0) is 13.1. The van der Waals surface area contributed by atoms with Crippen molar-refractivity contribution < 1.29 is 9.90 Å². The minimum absolute atomic E-state index is 0.0999. The van der Waals surface area contributed by atoms with Gasteiger partial charge in [-0.05, 0) is 59.3 Å². The monoisotopic (exact) mass is 312 g/mol. The zero-order valence-electron chi connectivity index (χ0n) is 10.0. The van der Waals surface area contributed by atoms with Gasteiger partial charge in [0.2, 0.25) is 0 Å². The van der Waals surface area contributed by atoms with Crippen LogP contribution < -0.4 is 11.1 Å². The molecule has 1 fully saturated rings. The molecule has 4 nitrogen and oxygen atoms in total. The highest BCUT2D eigenvalue weighted by Crippen LogP contribution is 2.25. The van der Waals surface area contributed by atoms with Gasteiger partial charge in [-0.15, -0.1) is 0 Å². The molecule has 5 heteroatoms. The van der Waals surface area contributed by atoms with Crippen molar-refractivity contribution in [1.82, 2.24) is 5.32 Å². The topological polar surface area (TPSA) is 75.4 Å². The van der Waals surface area contributed by atoms with Crippen LogP contribution in [0.25, 0.3) is 0 Å². The summed E-state index contributed by atoms with van der Waals surface area (Å²) in [6, 6.07) is 5.13. The first kappa shape index (κ1) is 13.4. The Kier molecular flexibility index (Phi) is 4.24. The van der Waals surface area contributed by atoms with Crippen molar-refractivity contribution in [3.63, 3.8) is 0 Å². The van der Waals surface area contributed by atoms with Gasteiger partial charge in [0.1, 0.15) is 0 Å². The summed E-state index contributed by atoms with van der Waals surface area (Å²) >= 11 is 3.30. The predicted molar refractivity (Wildman–Crippen MR) is 74.2 cm³/mol. The van der Waals surface area contributed by atoms with E-state index in [1.807, 2.05) is 0 Å². The lowest BCUT2D eigenvalue weighted by atomic mass is 10.1. The summed E-state index contributed by atoms with van der Waals surface area (Å²) in [5.41, 5.74) is 6.88. The Labute approximate surface area is 115 Å². The normalized spacial score (nSPS) is 23.0. The number of carbonyl (C=O) groups excluding carboxylic acids is 1. The number of nitrogens with one attached hydrogen (secondary N) is 1. The molecule has 1 aliphatic carbocycles. The molecule has 0 aliphatic heterocycles. The van der Waals surface area contributed by atoms with Crippen LogP contribution in [0.1, 0.15) is 29.6 Å². The molecule has 2 unspecified atom stereocenters. The van der Waals surface area contributed by atoms with E-state index in [9.17, 15) is 9.90 Å². The number of hydrogen-bond donors (Lipinski definition) is 3. The highest BCUT2D eigenvalue weighted by Gasteiger charge is 2.23. The summed E-state index contributed by atoms with van der Waals surface area (Å²) in [6.07, 6.45) is 2.41. The van der Waals surface area contributed by atoms with Crippen molar-refractivity contribution in [1.29, 1.82) is 0 Å². The molecule has 4 N–H and O–H groups in total. The minimum atomic E-state index is -0.197. The summed E-state index contributed by atoms with van der Waals surface area (Å²) in [4.78, 5) is 11.9. The van der Waals surface area contributed by atoms with Crippen molar-refractivity contribution in [3.05, 3.63) is 28.2 Å². The fraction of sp³-hybridized carbons (Fsp3) is 0.462. The Morgan fingerprint density at radius 1 is 1.50 bits per heavy atom. The number of nitrogen functional groups attached to an aromatic ring is 1. The molecule has 1 aromatic carbocycles. The summed E-state index contributed by atoms with van der Waals surface area (Å²) in [7, 11) is 0. The quantitative estimate of drug-likeness (QED) is 0.746. The largest absolute Gasteiger partial charge is 0.398 e. The first-order valence-corrected chi connectivity index (χ1v) is 6.87. The fourth-order valence-electron chi connectivity index (χ4n) is 2.24. The number of amides is 1. The zero-order valence-corrected chi connectivity index (χ0v) is 11.6. The number of nitrogens with two attached hydrogens (primary N) is 1. The molecule has 0 saturated heterocycles. The number of aliphatic hydroxyl groups is 1. The van der Waals surface area contributed by atoms with Gasteiger partial charge in [-0.1, -0.05) is 0 Å². The molecule has 0 aromatic heterocycles. The third-order valence-electron chi connectivity index (χ3n) is 3.33. The number of aliphatic hydroxyl groups excluding tert-OH is 1. The highest BCUT2D eigenvalue weighted by molar-refractivity contribution is 9.10. The van der Waals surface area contributed by atoms with E-state index in [0.29, 0.717) is 23.7 Å². The van der Waals surface area contributed by atoms with Gasteiger partial charge in [-0.2, -0.15) is 0 Å². The lowest BCUT2D eigenvalue weighted by Crippen LogP contribution is -2.28. The van der Waals surface area contributed by atoms with Crippen LogP contribution in [0, 0.1) is 5.92 Å². The van der Waals surface area contributed by atoms with Crippen molar-refractivity contribution in [2.75, 3.05) is 12.3 Å². The van der Waals surface area contributed by atoms with E-state index in [4.69, 9.17) is 5.73 Å². The maximum atomic E-state index is 11.9. The van der Waals surface area contributed by atoms with Gasteiger partial charge in [0.25, 0.3) is 5.91 Å². The molecular weight excluding hydrogens is 296 g/mol. The summed E-state index contributed by atoms with van der Waals surface area (Å²) in [5, 5.41) is 12.3. The average Bonchev–Trinajstić information content (AvgIpc) is 2.75. The van der Waals surface area contributed by atoms with Gasteiger partial charge in [-0.25, -0.2) is 0 Å². The smallest absolute Gasteiger partial charge is 0.251 e. The van der Waals surface area contributed by atoms with Gasteiger partial charge in [0, 0.05) is 22.3 Å². The number of benzene rings is 1. The standard InChI is InChI=1S/C13H17BrN2O2/c14-11-6-9(2-4-12(11)15)13(18)16-7-8-1-3-10(17)5-8/h2,4,6,8,10,17H,1,3,5,7,15H2,(H,16,18). The van der Waals surface area contributed by atoms with Gasteiger partial charge in [0.05, 0.1) is 6.10 Å².